The molecule has 0 fully saturated rings. The Labute approximate surface area is 190 Å². The summed E-state index contributed by atoms with van der Waals surface area (Å²) < 4.78 is 3.89. The molecule has 0 saturated heterocycles. The normalized spacial score (nSPS) is 13.2. The molecule has 6 rings (SSSR count). The van der Waals surface area contributed by atoms with E-state index in [0.29, 0.717) is 0 Å². The summed E-state index contributed by atoms with van der Waals surface area (Å²) in [4.78, 5) is 2.75. The molecule has 0 amide bonds. The Hall–Kier alpha value is -2.30. The fraction of sp³-hybridized carbons (Fsp3) is 0.179. The molecule has 31 heavy (non-hydrogen) atoms. The van der Waals surface area contributed by atoms with Crippen LogP contribution in [-0.2, 0) is 7.05 Å². The van der Waals surface area contributed by atoms with Gasteiger partial charge in [-0.15, -0.1) is 0 Å². The van der Waals surface area contributed by atoms with Gasteiger partial charge in [-0.2, -0.15) is 0 Å². The van der Waals surface area contributed by atoms with Crippen LogP contribution in [0.4, 0.5) is 0 Å². The van der Waals surface area contributed by atoms with Crippen LogP contribution >= 0.6 is 11.8 Å². The van der Waals surface area contributed by atoms with E-state index < -0.39 is 13.3 Å². The molecule has 0 bridgehead atoms. The summed E-state index contributed by atoms with van der Waals surface area (Å²) in [5, 5.41) is 8.21. The minimum absolute atomic E-state index is 1.33. The molecule has 0 saturated carbocycles. The summed E-state index contributed by atoms with van der Waals surface area (Å²) in [6.45, 7) is 2.29. The topological polar surface area (TPSA) is 3.88 Å². The molecule has 3 heteroatoms. The third-order valence-electron chi connectivity index (χ3n) is 6.79. The number of rotatable bonds is 1. The van der Waals surface area contributed by atoms with E-state index in [1.165, 1.54) is 58.9 Å². The van der Waals surface area contributed by atoms with Crippen LogP contribution in [-0.4, -0.2) is 13.3 Å². The first-order valence-electron chi connectivity index (χ1n) is 10.9. The van der Waals surface area contributed by atoms with Gasteiger partial charge < -0.3 is 0 Å². The van der Waals surface area contributed by atoms with E-state index in [0.717, 1.165) is 0 Å². The fourth-order valence-electron chi connectivity index (χ4n) is 5.10. The van der Waals surface area contributed by atoms with Crippen LogP contribution in [0.2, 0.25) is 17.3 Å². The van der Waals surface area contributed by atoms with Crippen LogP contribution in [0, 0.1) is 6.92 Å². The molecule has 0 radical (unpaired) electrons. The van der Waals surface area contributed by atoms with Gasteiger partial charge in [-0.05, 0) is 0 Å². The molecule has 1 aromatic heterocycles. The monoisotopic (exact) mass is 482 g/mol. The van der Waals surface area contributed by atoms with E-state index in [-0.39, 0.29) is 0 Å². The van der Waals surface area contributed by atoms with Gasteiger partial charge in [0.25, 0.3) is 0 Å². The van der Waals surface area contributed by atoms with E-state index >= 15 is 0 Å². The van der Waals surface area contributed by atoms with Crippen LogP contribution in [0.15, 0.2) is 76.7 Å². The summed E-state index contributed by atoms with van der Waals surface area (Å²) in [5.74, 6) is 7.43. The molecule has 1 aliphatic heterocycles. The molecule has 152 valence electrons. The number of pyridine rings is 1. The summed E-state index contributed by atoms with van der Waals surface area (Å²) in [6, 6.07) is 23.2. The van der Waals surface area contributed by atoms with Crippen molar-refractivity contribution in [3.63, 3.8) is 0 Å². The van der Waals surface area contributed by atoms with Gasteiger partial charge >= 0.3 is 191 Å². The zero-order valence-corrected chi connectivity index (χ0v) is 21.6. The summed E-state index contributed by atoms with van der Waals surface area (Å²) in [6.07, 6.45) is 2.24. The maximum atomic E-state index is 2.48. The molecule has 0 N–H and O–H groups in total. The van der Waals surface area contributed by atoms with Crippen LogP contribution in [0.1, 0.15) is 5.56 Å². The Kier molecular flexibility index (Phi) is 4.13. The molecular formula is C28H26GeNS+. The van der Waals surface area contributed by atoms with Gasteiger partial charge in [0.05, 0.1) is 0 Å². The van der Waals surface area contributed by atoms with E-state index in [2.05, 4.69) is 103 Å². The zero-order chi connectivity index (χ0) is 21.5. The van der Waals surface area contributed by atoms with Gasteiger partial charge in [-0.3, -0.25) is 0 Å². The Morgan fingerprint density at radius 1 is 0.774 bits per heavy atom. The van der Waals surface area contributed by atoms with Crippen molar-refractivity contribution in [2.75, 3.05) is 0 Å². The van der Waals surface area contributed by atoms with Crippen LogP contribution in [0.3, 0.4) is 0 Å². The predicted octanol–water partition coefficient (Wildman–Crippen LogP) is 6.96. The van der Waals surface area contributed by atoms with Crippen molar-refractivity contribution in [2.45, 2.75) is 34.0 Å². The van der Waals surface area contributed by atoms with E-state index in [9.17, 15) is 0 Å². The second-order valence-electron chi connectivity index (χ2n) is 9.82. The average molecular weight is 481 g/mol. The van der Waals surface area contributed by atoms with Crippen molar-refractivity contribution in [1.82, 2.24) is 0 Å². The van der Waals surface area contributed by atoms with E-state index in [4.69, 9.17) is 0 Å². The van der Waals surface area contributed by atoms with Crippen molar-refractivity contribution in [3.05, 3.63) is 72.4 Å². The zero-order valence-electron chi connectivity index (χ0n) is 18.7. The standard InChI is InChI=1S/C28H26GeNS/c1-17-21-9-7-6-8-18(21)15-24-26(17)28-27-23(12-13-30(28)5)22-11-10-20(29(2,3)4)14-19(22)16-25(27)31-24/h6-16H,1-5H3/q+1. The summed E-state index contributed by atoms with van der Waals surface area (Å²) >= 11 is 0.0592. The van der Waals surface area contributed by atoms with Gasteiger partial charge in [0.1, 0.15) is 0 Å². The summed E-state index contributed by atoms with van der Waals surface area (Å²) in [7, 11) is 2.19. The number of hydrogen-bond acceptors (Lipinski definition) is 1. The summed E-state index contributed by atoms with van der Waals surface area (Å²) in [5.41, 5.74) is 4.12. The molecule has 0 atom stereocenters. The Balaban J connectivity index is 1.76. The van der Waals surface area contributed by atoms with Crippen LogP contribution < -0.4 is 8.96 Å². The van der Waals surface area contributed by atoms with Gasteiger partial charge in [-0.25, -0.2) is 0 Å². The molecule has 1 aliphatic rings. The van der Waals surface area contributed by atoms with Gasteiger partial charge in [0, 0.05) is 0 Å². The third kappa shape index (κ3) is 2.81. The third-order valence-corrected chi connectivity index (χ3v) is 12.2. The Morgan fingerprint density at radius 3 is 2.35 bits per heavy atom. The molecule has 4 aromatic carbocycles. The van der Waals surface area contributed by atoms with Crippen molar-refractivity contribution in [3.8, 4) is 11.3 Å². The predicted molar refractivity (Wildman–Crippen MR) is 137 cm³/mol. The van der Waals surface area contributed by atoms with Crippen molar-refractivity contribution < 1.29 is 4.57 Å². The van der Waals surface area contributed by atoms with E-state index in [1.54, 1.807) is 4.40 Å². The van der Waals surface area contributed by atoms with E-state index in [1.807, 2.05) is 11.8 Å². The second-order valence-corrected chi connectivity index (χ2v) is 21.6. The quantitative estimate of drug-likeness (QED) is 0.140. The van der Waals surface area contributed by atoms with Crippen LogP contribution in [0.5, 0.6) is 0 Å². The van der Waals surface area contributed by atoms with Crippen molar-refractivity contribution >= 4 is 61.7 Å². The number of aromatic nitrogens is 1. The first-order chi connectivity index (χ1) is 14.8. The van der Waals surface area contributed by atoms with Gasteiger partial charge in [0.2, 0.25) is 0 Å². The number of hydrogen-bond donors (Lipinski definition) is 0. The molecule has 0 spiro atoms. The Morgan fingerprint density at radius 2 is 1.55 bits per heavy atom. The molecule has 1 nitrogen and oxygen atoms in total. The maximum absolute atomic E-state index is 2.48. The molecule has 0 aliphatic carbocycles. The first-order valence-corrected chi connectivity index (χ1v) is 19.1. The number of aryl methyl sites for hydroxylation is 2. The molecular weight excluding hydrogens is 455 g/mol. The van der Waals surface area contributed by atoms with Crippen molar-refractivity contribution in [2.24, 2.45) is 7.05 Å². The van der Waals surface area contributed by atoms with Gasteiger partial charge in [0.15, 0.2) is 0 Å². The Bertz CT molecular complexity index is 1560. The SMILES string of the molecule is Cc1c2c(cc3ccccc13)Sc1cc3c[c]([Ge]([CH3])([CH3])[CH3])ccc3c3cc[n+](C)c-2c13. The number of fused-ring (bicyclic) bond motifs is 5. The van der Waals surface area contributed by atoms with Crippen LogP contribution in [0.25, 0.3) is 43.6 Å². The molecule has 2 heterocycles. The number of benzene rings is 4. The number of nitrogens with zero attached hydrogens (tertiary/aromatic N) is 1. The molecule has 0 unspecified atom stereocenters. The first kappa shape index (κ1) is 19.4. The second kappa shape index (κ2) is 6.60. The molecule has 5 aromatic rings. The minimum atomic E-state index is -1.88. The van der Waals surface area contributed by atoms with Gasteiger partial charge in [-0.1, -0.05) is 0 Å². The van der Waals surface area contributed by atoms with Crippen molar-refractivity contribution in [1.29, 1.82) is 0 Å². The fourth-order valence-corrected chi connectivity index (χ4v) is 8.83. The average Bonchev–Trinajstić information content (AvgIpc) is 2.74.